The van der Waals surface area contributed by atoms with Crippen molar-refractivity contribution >= 4 is 27.6 Å². The van der Waals surface area contributed by atoms with Crippen LogP contribution >= 0.6 is 0 Å². The summed E-state index contributed by atoms with van der Waals surface area (Å²) in [4.78, 5) is 20.4. The van der Waals surface area contributed by atoms with E-state index in [2.05, 4.69) is 144 Å². The normalized spacial score (nSPS) is 11.4. The zero-order valence-corrected chi connectivity index (χ0v) is 28.6. The molecule has 0 N–H and O–H groups in total. The van der Waals surface area contributed by atoms with Gasteiger partial charge >= 0.3 is 0 Å². The van der Waals surface area contributed by atoms with Gasteiger partial charge in [0.2, 0.25) is 0 Å². The molecule has 0 saturated carbocycles. The first-order chi connectivity index (χ1) is 26.2. The first-order valence-corrected chi connectivity index (χ1v) is 17.7. The number of pyridine rings is 2. The molecule has 10 rings (SSSR count). The molecule has 4 heterocycles. The lowest BCUT2D eigenvalue weighted by atomic mass is 9.97. The van der Waals surface area contributed by atoms with E-state index < -0.39 is 0 Å². The summed E-state index contributed by atoms with van der Waals surface area (Å²) >= 11 is 0. The molecule has 0 aliphatic carbocycles. The van der Waals surface area contributed by atoms with Crippen molar-refractivity contribution in [1.82, 2.24) is 24.3 Å². The van der Waals surface area contributed by atoms with Crippen LogP contribution in [0.25, 0.3) is 95.0 Å². The second kappa shape index (κ2) is 12.8. The quantitative estimate of drug-likeness (QED) is 0.176. The van der Waals surface area contributed by atoms with E-state index in [0.29, 0.717) is 5.82 Å². The van der Waals surface area contributed by atoms with E-state index >= 15 is 0 Å². The summed E-state index contributed by atoms with van der Waals surface area (Å²) in [6.45, 7) is 0. The summed E-state index contributed by atoms with van der Waals surface area (Å²) in [5, 5.41) is 2.18. The molecule has 0 bridgehead atoms. The fourth-order valence-electron chi connectivity index (χ4n) is 7.18. The van der Waals surface area contributed by atoms with Crippen LogP contribution in [0.3, 0.4) is 0 Å². The van der Waals surface area contributed by atoms with Gasteiger partial charge in [0.05, 0.1) is 17.1 Å². The second-order valence-electron chi connectivity index (χ2n) is 13.2. The van der Waals surface area contributed by atoms with Crippen LogP contribution in [0.2, 0.25) is 0 Å². The number of hydrogen-bond donors (Lipinski definition) is 0. The van der Waals surface area contributed by atoms with Crippen LogP contribution in [-0.2, 0) is 0 Å². The van der Waals surface area contributed by atoms with E-state index in [1.165, 1.54) is 0 Å². The van der Waals surface area contributed by atoms with Gasteiger partial charge < -0.3 is 0 Å². The van der Waals surface area contributed by atoms with Gasteiger partial charge in [0.25, 0.3) is 0 Å². The van der Waals surface area contributed by atoms with Crippen LogP contribution < -0.4 is 0 Å². The standard InChI is InChI=1S/C48H31N5/c1-3-13-32(14-4-1)37-18-12-20-39(30-37)47-49-42(34-15-5-2-6-16-34)31-43(50-47)38-19-11-17-36(29-38)33-24-26-35(27-25-33)45-40-21-7-8-22-41(40)46-48(52-45)53-28-10-9-23-44(53)51-46/h1-31H. The van der Waals surface area contributed by atoms with Crippen molar-refractivity contribution < 1.29 is 0 Å². The largest absolute Gasteiger partial charge is 0.284 e. The third kappa shape index (κ3) is 5.61. The van der Waals surface area contributed by atoms with E-state index in [1.807, 2.05) is 48.7 Å². The number of hydrogen-bond acceptors (Lipinski definition) is 4. The fraction of sp³-hybridized carbons (Fsp3) is 0. The lowest BCUT2D eigenvalue weighted by Crippen LogP contribution is -1.96. The number of benzene rings is 6. The molecule has 0 saturated heterocycles. The van der Waals surface area contributed by atoms with Gasteiger partial charge in [0.15, 0.2) is 11.5 Å². The summed E-state index contributed by atoms with van der Waals surface area (Å²) < 4.78 is 2.06. The third-order valence-electron chi connectivity index (χ3n) is 9.83. The van der Waals surface area contributed by atoms with E-state index in [4.69, 9.17) is 19.9 Å². The number of fused-ring (bicyclic) bond motifs is 5. The van der Waals surface area contributed by atoms with Gasteiger partial charge in [-0.05, 0) is 52.6 Å². The molecule has 0 aliphatic heterocycles. The zero-order chi connectivity index (χ0) is 35.1. The Morgan fingerprint density at radius 2 is 0.887 bits per heavy atom. The topological polar surface area (TPSA) is 56.0 Å². The van der Waals surface area contributed by atoms with Crippen molar-refractivity contribution in [1.29, 1.82) is 0 Å². The summed E-state index contributed by atoms with van der Waals surface area (Å²) in [6, 6.07) is 63.0. The summed E-state index contributed by atoms with van der Waals surface area (Å²) in [5.74, 6) is 0.691. The average molecular weight is 678 g/mol. The molecule has 0 amide bonds. The third-order valence-corrected chi connectivity index (χ3v) is 9.83. The predicted octanol–water partition coefficient (Wildman–Crippen LogP) is 11.8. The Balaban J connectivity index is 1.04. The van der Waals surface area contributed by atoms with Crippen LogP contribution in [0.5, 0.6) is 0 Å². The number of aromatic nitrogens is 5. The maximum absolute atomic E-state index is 5.19. The first-order valence-electron chi connectivity index (χ1n) is 17.7. The van der Waals surface area contributed by atoms with Crippen molar-refractivity contribution in [3.8, 4) is 67.4 Å². The Bertz CT molecular complexity index is 2930. The summed E-state index contributed by atoms with van der Waals surface area (Å²) in [6.07, 6.45) is 2.03. The second-order valence-corrected chi connectivity index (χ2v) is 13.2. The van der Waals surface area contributed by atoms with Crippen LogP contribution in [0.4, 0.5) is 0 Å². The molecule has 6 aromatic carbocycles. The Hall–Kier alpha value is -7.24. The Kier molecular flexibility index (Phi) is 7.40. The SMILES string of the molecule is c1ccc(-c2cccc(-c3nc(-c4ccccc4)cc(-c4cccc(-c5ccc(-c6nc7c(nc8ccccn87)c7ccccc67)cc5)c4)n3)c2)cc1. The van der Waals surface area contributed by atoms with E-state index in [1.54, 1.807) is 0 Å². The average Bonchev–Trinajstić information content (AvgIpc) is 3.63. The first kappa shape index (κ1) is 30.6. The fourth-order valence-corrected chi connectivity index (χ4v) is 7.18. The predicted molar refractivity (Wildman–Crippen MR) is 216 cm³/mol. The van der Waals surface area contributed by atoms with E-state index in [-0.39, 0.29) is 0 Å². The molecule has 10 aromatic rings. The maximum atomic E-state index is 5.19. The molecule has 248 valence electrons. The molecule has 4 aromatic heterocycles. The van der Waals surface area contributed by atoms with Gasteiger partial charge in [-0.1, -0.05) is 152 Å². The molecular weight excluding hydrogens is 647 g/mol. The highest BCUT2D eigenvalue weighted by atomic mass is 15.1. The number of nitrogens with zero attached hydrogens (tertiary/aromatic N) is 5. The molecule has 53 heavy (non-hydrogen) atoms. The lowest BCUT2D eigenvalue weighted by Gasteiger charge is -2.12. The molecule has 0 fully saturated rings. The minimum Gasteiger partial charge on any atom is -0.284 e. The van der Waals surface area contributed by atoms with Crippen molar-refractivity contribution in [3.63, 3.8) is 0 Å². The summed E-state index contributed by atoms with van der Waals surface area (Å²) in [7, 11) is 0. The maximum Gasteiger partial charge on any atom is 0.165 e. The smallest absolute Gasteiger partial charge is 0.165 e. The lowest BCUT2D eigenvalue weighted by molar-refractivity contribution is 1.18. The molecule has 5 heteroatoms. The van der Waals surface area contributed by atoms with Gasteiger partial charge in [0.1, 0.15) is 11.2 Å². The Morgan fingerprint density at radius 3 is 1.64 bits per heavy atom. The molecule has 0 radical (unpaired) electrons. The van der Waals surface area contributed by atoms with Gasteiger partial charge in [0, 0.05) is 39.2 Å². The highest BCUT2D eigenvalue weighted by molar-refractivity contribution is 6.09. The molecular formula is C48H31N5. The Labute approximate surface area is 306 Å². The van der Waals surface area contributed by atoms with Crippen molar-refractivity contribution in [2.45, 2.75) is 0 Å². The highest BCUT2D eigenvalue weighted by Gasteiger charge is 2.16. The van der Waals surface area contributed by atoms with Crippen molar-refractivity contribution in [2.24, 2.45) is 0 Å². The molecule has 0 aliphatic rings. The van der Waals surface area contributed by atoms with Gasteiger partial charge in [-0.2, -0.15) is 0 Å². The van der Waals surface area contributed by atoms with Crippen LogP contribution in [0, 0.1) is 0 Å². The van der Waals surface area contributed by atoms with Gasteiger partial charge in [-0.25, -0.2) is 19.9 Å². The van der Waals surface area contributed by atoms with Gasteiger partial charge in [-0.15, -0.1) is 0 Å². The zero-order valence-electron chi connectivity index (χ0n) is 28.6. The van der Waals surface area contributed by atoms with Gasteiger partial charge in [-0.3, -0.25) is 4.40 Å². The monoisotopic (exact) mass is 677 g/mol. The number of rotatable bonds is 6. The van der Waals surface area contributed by atoms with Crippen molar-refractivity contribution in [3.05, 3.63) is 188 Å². The minimum atomic E-state index is 0.691. The van der Waals surface area contributed by atoms with Crippen LogP contribution in [0.1, 0.15) is 0 Å². The Morgan fingerprint density at radius 1 is 0.340 bits per heavy atom. The molecule has 5 nitrogen and oxygen atoms in total. The molecule has 0 unspecified atom stereocenters. The van der Waals surface area contributed by atoms with E-state index in [0.717, 1.165) is 89.2 Å². The van der Waals surface area contributed by atoms with Crippen LogP contribution in [0.15, 0.2) is 188 Å². The van der Waals surface area contributed by atoms with E-state index in [9.17, 15) is 0 Å². The molecule has 0 spiro atoms. The summed E-state index contributed by atoms with van der Waals surface area (Å²) in [5.41, 5.74) is 14.0. The highest BCUT2D eigenvalue weighted by Crippen LogP contribution is 2.35. The van der Waals surface area contributed by atoms with Crippen molar-refractivity contribution in [2.75, 3.05) is 0 Å². The van der Waals surface area contributed by atoms with Crippen LogP contribution in [-0.4, -0.2) is 24.3 Å². The molecule has 0 atom stereocenters. The minimum absolute atomic E-state index is 0.691. The number of imidazole rings is 1.